The van der Waals surface area contributed by atoms with E-state index < -0.39 is 0 Å². The van der Waals surface area contributed by atoms with Gasteiger partial charge in [-0.05, 0) is 30.7 Å². The van der Waals surface area contributed by atoms with Crippen LogP contribution in [-0.4, -0.2) is 19.6 Å². The molecule has 0 aliphatic heterocycles. The molecule has 0 heterocycles. The third kappa shape index (κ3) is 3.77. The third-order valence-corrected chi connectivity index (χ3v) is 2.00. The van der Waals surface area contributed by atoms with Gasteiger partial charge in [-0.25, -0.2) is 5.43 Å². The first kappa shape index (κ1) is 11.8. The van der Waals surface area contributed by atoms with Gasteiger partial charge in [0.05, 0.1) is 0 Å². The first-order valence-corrected chi connectivity index (χ1v) is 4.86. The molecule has 15 heavy (non-hydrogen) atoms. The van der Waals surface area contributed by atoms with Gasteiger partial charge in [0.1, 0.15) is 5.75 Å². The number of carbonyl (C=O) groups excluding carboxylic acids is 1. The van der Waals surface area contributed by atoms with Crippen molar-refractivity contribution in [1.82, 2.24) is 10.9 Å². The molecule has 0 fully saturated rings. The highest BCUT2D eigenvalue weighted by Gasteiger charge is 2.03. The summed E-state index contributed by atoms with van der Waals surface area (Å²) < 4.78 is 5.30. The van der Waals surface area contributed by atoms with E-state index in [2.05, 4.69) is 10.9 Å². The zero-order valence-corrected chi connectivity index (χ0v) is 9.39. The number of hydrogen-bond acceptors (Lipinski definition) is 3. The molecule has 0 saturated heterocycles. The lowest BCUT2D eigenvalue weighted by Gasteiger charge is -2.08. The SMILES string of the molecule is CNNC(=O)COc1ccc(Cl)cc1C. The zero-order valence-electron chi connectivity index (χ0n) is 8.63. The zero-order chi connectivity index (χ0) is 11.3. The highest BCUT2D eigenvalue weighted by molar-refractivity contribution is 6.30. The van der Waals surface area contributed by atoms with Crippen LogP contribution in [0.3, 0.4) is 0 Å². The molecular weight excluding hydrogens is 216 g/mol. The van der Waals surface area contributed by atoms with Crippen molar-refractivity contribution in [3.05, 3.63) is 28.8 Å². The number of ether oxygens (including phenoxy) is 1. The van der Waals surface area contributed by atoms with E-state index in [1.54, 1.807) is 25.2 Å². The number of benzene rings is 1. The minimum Gasteiger partial charge on any atom is -0.483 e. The highest BCUT2D eigenvalue weighted by atomic mass is 35.5. The molecule has 0 aliphatic carbocycles. The molecule has 1 aromatic rings. The molecule has 5 heteroatoms. The molecule has 4 nitrogen and oxygen atoms in total. The molecule has 0 saturated carbocycles. The topological polar surface area (TPSA) is 50.4 Å². The maximum atomic E-state index is 11.1. The van der Waals surface area contributed by atoms with E-state index in [1.165, 1.54) is 0 Å². The Balaban J connectivity index is 2.54. The average Bonchev–Trinajstić information content (AvgIpc) is 2.17. The monoisotopic (exact) mass is 228 g/mol. The number of aryl methyl sites for hydroxylation is 1. The summed E-state index contributed by atoms with van der Waals surface area (Å²) in [5, 5.41) is 0.652. The van der Waals surface area contributed by atoms with Crippen molar-refractivity contribution in [2.75, 3.05) is 13.7 Å². The van der Waals surface area contributed by atoms with Gasteiger partial charge in [-0.1, -0.05) is 11.6 Å². The van der Waals surface area contributed by atoms with Gasteiger partial charge < -0.3 is 4.74 Å². The maximum absolute atomic E-state index is 11.1. The van der Waals surface area contributed by atoms with Gasteiger partial charge in [0.25, 0.3) is 5.91 Å². The molecule has 0 atom stereocenters. The van der Waals surface area contributed by atoms with Crippen molar-refractivity contribution >= 4 is 17.5 Å². The van der Waals surface area contributed by atoms with Gasteiger partial charge in [-0.15, -0.1) is 0 Å². The molecule has 1 amide bonds. The van der Waals surface area contributed by atoms with Crippen LogP contribution in [0.25, 0.3) is 0 Å². The lowest BCUT2D eigenvalue weighted by atomic mass is 10.2. The predicted octanol–water partition coefficient (Wildman–Crippen LogP) is 1.28. The van der Waals surface area contributed by atoms with Crippen molar-refractivity contribution in [1.29, 1.82) is 0 Å². The maximum Gasteiger partial charge on any atom is 0.271 e. The van der Waals surface area contributed by atoms with Crippen molar-refractivity contribution in [3.8, 4) is 5.75 Å². The van der Waals surface area contributed by atoms with Crippen LogP contribution < -0.4 is 15.6 Å². The normalized spacial score (nSPS) is 9.80. The first-order chi connectivity index (χ1) is 7.13. The fourth-order valence-corrected chi connectivity index (χ4v) is 1.32. The van der Waals surface area contributed by atoms with Crippen LogP contribution in [0.2, 0.25) is 5.02 Å². The number of rotatable bonds is 4. The Kier molecular flexibility index (Phi) is 4.39. The lowest BCUT2D eigenvalue weighted by molar-refractivity contribution is -0.123. The van der Waals surface area contributed by atoms with Crippen molar-refractivity contribution < 1.29 is 9.53 Å². The summed E-state index contributed by atoms with van der Waals surface area (Å²) in [5.74, 6) is 0.428. The summed E-state index contributed by atoms with van der Waals surface area (Å²) in [4.78, 5) is 11.1. The van der Waals surface area contributed by atoms with E-state index >= 15 is 0 Å². The first-order valence-electron chi connectivity index (χ1n) is 4.48. The number of hydrogen-bond donors (Lipinski definition) is 2. The molecule has 0 bridgehead atoms. The van der Waals surface area contributed by atoms with Crippen molar-refractivity contribution in [2.24, 2.45) is 0 Å². The standard InChI is InChI=1S/C10H13ClN2O2/c1-7-5-8(11)3-4-9(7)15-6-10(14)13-12-2/h3-5,12H,6H2,1-2H3,(H,13,14). The number of hydrazine groups is 1. The van der Waals surface area contributed by atoms with E-state index in [1.807, 2.05) is 6.92 Å². The average molecular weight is 229 g/mol. The summed E-state index contributed by atoms with van der Waals surface area (Å²) in [7, 11) is 1.62. The van der Waals surface area contributed by atoms with Gasteiger partial charge in [-0.2, -0.15) is 0 Å². The Morgan fingerprint density at radius 1 is 1.53 bits per heavy atom. The summed E-state index contributed by atoms with van der Waals surface area (Å²) in [6.07, 6.45) is 0. The fourth-order valence-electron chi connectivity index (χ4n) is 1.09. The number of nitrogens with one attached hydrogen (secondary N) is 2. The van der Waals surface area contributed by atoms with E-state index in [9.17, 15) is 4.79 Å². The molecular formula is C10H13ClN2O2. The van der Waals surface area contributed by atoms with Crippen molar-refractivity contribution in [2.45, 2.75) is 6.92 Å². The second-order valence-electron chi connectivity index (χ2n) is 3.00. The lowest BCUT2D eigenvalue weighted by Crippen LogP contribution is -2.37. The number of halogens is 1. The van der Waals surface area contributed by atoms with Crippen LogP contribution in [0.15, 0.2) is 18.2 Å². The van der Waals surface area contributed by atoms with Crippen molar-refractivity contribution in [3.63, 3.8) is 0 Å². The number of carbonyl (C=O) groups is 1. The van der Waals surface area contributed by atoms with Crippen LogP contribution >= 0.6 is 11.6 Å². The Hall–Kier alpha value is -1.26. The summed E-state index contributed by atoms with van der Waals surface area (Å²) in [6, 6.07) is 5.25. The van der Waals surface area contributed by atoms with Crippen LogP contribution in [0.5, 0.6) is 5.75 Å². The molecule has 0 aliphatic rings. The van der Waals surface area contributed by atoms with Crippen LogP contribution in [0.1, 0.15) is 5.56 Å². The summed E-state index contributed by atoms with van der Waals surface area (Å²) >= 11 is 5.78. The molecule has 1 rings (SSSR count). The van der Waals surface area contributed by atoms with E-state index in [0.29, 0.717) is 10.8 Å². The Bertz CT molecular complexity index is 355. The van der Waals surface area contributed by atoms with E-state index in [-0.39, 0.29) is 12.5 Å². The largest absolute Gasteiger partial charge is 0.483 e. The van der Waals surface area contributed by atoms with Gasteiger partial charge in [0.15, 0.2) is 6.61 Å². The summed E-state index contributed by atoms with van der Waals surface area (Å²) in [5.41, 5.74) is 5.84. The Morgan fingerprint density at radius 2 is 2.27 bits per heavy atom. The summed E-state index contributed by atoms with van der Waals surface area (Å²) in [6.45, 7) is 1.85. The molecule has 2 N–H and O–H groups in total. The van der Waals surface area contributed by atoms with Gasteiger partial charge >= 0.3 is 0 Å². The van der Waals surface area contributed by atoms with Gasteiger partial charge in [0.2, 0.25) is 0 Å². The van der Waals surface area contributed by atoms with E-state index in [0.717, 1.165) is 5.56 Å². The number of amides is 1. The Morgan fingerprint density at radius 3 is 2.87 bits per heavy atom. The van der Waals surface area contributed by atoms with Crippen LogP contribution in [-0.2, 0) is 4.79 Å². The minimum absolute atomic E-state index is 0.0245. The predicted molar refractivity (Wildman–Crippen MR) is 58.9 cm³/mol. The quantitative estimate of drug-likeness (QED) is 0.764. The van der Waals surface area contributed by atoms with Crippen LogP contribution in [0.4, 0.5) is 0 Å². The Labute approximate surface area is 93.5 Å². The van der Waals surface area contributed by atoms with Gasteiger partial charge in [-0.3, -0.25) is 10.2 Å². The van der Waals surface area contributed by atoms with Gasteiger partial charge in [0, 0.05) is 12.1 Å². The second-order valence-corrected chi connectivity index (χ2v) is 3.43. The van der Waals surface area contributed by atoms with Crippen LogP contribution in [0, 0.1) is 6.92 Å². The highest BCUT2D eigenvalue weighted by Crippen LogP contribution is 2.21. The molecule has 0 unspecified atom stereocenters. The molecule has 0 spiro atoms. The van der Waals surface area contributed by atoms with E-state index in [4.69, 9.17) is 16.3 Å². The minimum atomic E-state index is -0.230. The molecule has 0 radical (unpaired) electrons. The second kappa shape index (κ2) is 5.58. The third-order valence-electron chi connectivity index (χ3n) is 1.76. The molecule has 1 aromatic carbocycles. The molecule has 82 valence electrons. The smallest absolute Gasteiger partial charge is 0.271 e. The molecule has 0 aromatic heterocycles. The fraction of sp³-hybridized carbons (Fsp3) is 0.300.